The van der Waals surface area contributed by atoms with E-state index in [-0.39, 0.29) is 37.5 Å². The van der Waals surface area contributed by atoms with Crippen LogP contribution in [-0.2, 0) is 18.3 Å². The molecular weight excluding hydrogens is 417 g/mol. The molecule has 1 aliphatic carbocycles. The Morgan fingerprint density at radius 1 is 1.12 bits per heavy atom. The molecule has 3 aromatic rings. The minimum atomic E-state index is -4.15. The first kappa shape index (κ1) is 21.1. The van der Waals surface area contributed by atoms with E-state index in [0.717, 1.165) is 27.9 Å². The highest BCUT2D eigenvalue weighted by molar-refractivity contribution is 5.88. The number of aryl methyl sites for hydroxylation is 1. The predicted octanol–water partition coefficient (Wildman–Crippen LogP) is 4.33. The summed E-state index contributed by atoms with van der Waals surface area (Å²) < 4.78 is 41.5. The Kier molecular flexibility index (Phi) is 4.89. The fourth-order valence-electron chi connectivity index (χ4n) is 4.55. The van der Waals surface area contributed by atoms with E-state index in [1.165, 1.54) is 0 Å². The van der Waals surface area contributed by atoms with E-state index < -0.39 is 11.6 Å². The normalized spacial score (nSPS) is 18.7. The largest absolute Gasteiger partial charge is 0.395 e. The van der Waals surface area contributed by atoms with Crippen molar-refractivity contribution in [1.29, 1.82) is 0 Å². The number of alkyl halides is 3. The summed E-state index contributed by atoms with van der Waals surface area (Å²) in [5.41, 5.74) is 1.21. The highest BCUT2D eigenvalue weighted by Gasteiger charge is 2.64. The number of carbonyl (C=O) groups excluding carboxylic acids is 1. The van der Waals surface area contributed by atoms with Crippen LogP contribution in [0.15, 0.2) is 36.7 Å². The molecule has 0 unspecified atom stereocenters. The van der Waals surface area contributed by atoms with Gasteiger partial charge in [-0.05, 0) is 37.3 Å². The Morgan fingerprint density at radius 3 is 2.50 bits per heavy atom. The number of rotatable bonds is 6. The van der Waals surface area contributed by atoms with Crippen molar-refractivity contribution in [2.75, 3.05) is 19.6 Å². The van der Waals surface area contributed by atoms with Gasteiger partial charge in [-0.3, -0.25) is 9.78 Å². The summed E-state index contributed by atoms with van der Waals surface area (Å²) in [6.07, 6.45) is 0.0660. The summed E-state index contributed by atoms with van der Waals surface area (Å²) in [5, 5.41) is 1.98. The van der Waals surface area contributed by atoms with Gasteiger partial charge in [-0.15, -0.1) is 0 Å². The standard InChI is InChI=1S/C24H25F3N4O/c1-15-28-11-21(30(15)2)16-3-4-17-10-29-20(8-18(17)7-16)9-22(32)19-12-31(13-19)14-23(5-6-23)24(25,26)27/h3-4,7-8,10-11,19H,5-6,9,12-14H2,1-2H3. The van der Waals surface area contributed by atoms with Crippen molar-refractivity contribution in [3.63, 3.8) is 0 Å². The minimum Gasteiger partial charge on any atom is -0.331 e. The van der Waals surface area contributed by atoms with E-state index >= 15 is 0 Å². The minimum absolute atomic E-state index is 0.0186. The zero-order valence-electron chi connectivity index (χ0n) is 18.1. The quantitative estimate of drug-likeness (QED) is 0.570. The smallest absolute Gasteiger partial charge is 0.331 e. The lowest BCUT2D eigenvalue weighted by Crippen LogP contribution is -2.54. The van der Waals surface area contributed by atoms with E-state index in [9.17, 15) is 18.0 Å². The van der Waals surface area contributed by atoms with Gasteiger partial charge < -0.3 is 9.47 Å². The lowest BCUT2D eigenvalue weighted by molar-refractivity contribution is -0.195. The van der Waals surface area contributed by atoms with Crippen molar-refractivity contribution in [2.24, 2.45) is 18.4 Å². The van der Waals surface area contributed by atoms with E-state index in [1.54, 1.807) is 11.1 Å². The fourth-order valence-corrected chi connectivity index (χ4v) is 4.55. The molecule has 0 bridgehead atoms. The molecule has 32 heavy (non-hydrogen) atoms. The maximum Gasteiger partial charge on any atom is 0.395 e. The number of hydrogen-bond acceptors (Lipinski definition) is 4. The van der Waals surface area contributed by atoms with E-state index in [1.807, 2.05) is 42.9 Å². The number of Topliss-reactive ketones (excluding diaryl/α,β-unsaturated/α-hetero) is 1. The van der Waals surface area contributed by atoms with Gasteiger partial charge in [-0.25, -0.2) is 4.98 Å². The summed E-state index contributed by atoms with van der Waals surface area (Å²) in [4.78, 5) is 23.2. The first-order valence-corrected chi connectivity index (χ1v) is 10.8. The number of ketones is 1. The SMILES string of the molecule is Cc1ncc(-c2ccc3cnc(CC(=O)C4CN(CC5(C(F)(F)F)CC5)C4)cc3c2)n1C. The number of carbonyl (C=O) groups is 1. The fraction of sp³-hybridized carbons (Fsp3) is 0.458. The molecule has 5 nitrogen and oxygen atoms in total. The van der Waals surface area contributed by atoms with E-state index in [2.05, 4.69) is 16.0 Å². The number of imidazole rings is 1. The molecule has 2 fully saturated rings. The van der Waals surface area contributed by atoms with Crippen molar-refractivity contribution in [2.45, 2.75) is 32.4 Å². The van der Waals surface area contributed by atoms with Gasteiger partial charge in [0.05, 0.1) is 17.3 Å². The van der Waals surface area contributed by atoms with Crippen LogP contribution in [0.1, 0.15) is 24.4 Å². The molecule has 1 saturated heterocycles. The van der Waals surface area contributed by atoms with Gasteiger partial charge in [0.2, 0.25) is 0 Å². The van der Waals surface area contributed by atoms with Crippen molar-refractivity contribution in [3.8, 4) is 11.3 Å². The maximum absolute atomic E-state index is 13.1. The number of nitrogens with zero attached hydrogens (tertiary/aromatic N) is 4. The first-order chi connectivity index (χ1) is 15.1. The Hall–Kier alpha value is -2.74. The van der Waals surface area contributed by atoms with Crippen LogP contribution in [0.2, 0.25) is 0 Å². The molecule has 0 atom stereocenters. The molecule has 5 rings (SSSR count). The number of hydrogen-bond donors (Lipinski definition) is 0. The van der Waals surface area contributed by atoms with Gasteiger partial charge >= 0.3 is 6.18 Å². The molecule has 3 heterocycles. The molecule has 1 aromatic carbocycles. The molecule has 0 spiro atoms. The molecule has 0 N–H and O–H groups in total. The number of halogens is 3. The summed E-state index contributed by atoms with van der Waals surface area (Å²) >= 11 is 0. The zero-order chi connectivity index (χ0) is 22.7. The average molecular weight is 442 g/mol. The van der Waals surface area contributed by atoms with Gasteiger partial charge in [0.1, 0.15) is 11.6 Å². The molecule has 2 aliphatic rings. The Labute approximate surface area is 184 Å². The third kappa shape index (κ3) is 3.70. The van der Waals surface area contributed by atoms with Crippen LogP contribution in [-0.4, -0.2) is 51.0 Å². The molecule has 8 heteroatoms. The van der Waals surface area contributed by atoms with Crippen LogP contribution < -0.4 is 0 Å². The van der Waals surface area contributed by atoms with Crippen molar-refractivity contribution in [3.05, 3.63) is 48.2 Å². The van der Waals surface area contributed by atoms with Crippen LogP contribution in [0.25, 0.3) is 22.0 Å². The average Bonchev–Trinajstić information content (AvgIpc) is 3.44. The topological polar surface area (TPSA) is 51.0 Å². The second-order valence-corrected chi connectivity index (χ2v) is 9.30. The van der Waals surface area contributed by atoms with E-state index in [4.69, 9.17) is 0 Å². The van der Waals surface area contributed by atoms with Gasteiger partial charge in [-0.1, -0.05) is 12.1 Å². The number of fused-ring (bicyclic) bond motifs is 1. The third-order valence-electron chi connectivity index (χ3n) is 7.04. The maximum atomic E-state index is 13.1. The van der Waals surface area contributed by atoms with Crippen LogP contribution in [0.5, 0.6) is 0 Å². The lowest BCUT2D eigenvalue weighted by atomic mass is 9.90. The molecule has 168 valence electrons. The Bertz CT molecular complexity index is 1190. The monoisotopic (exact) mass is 442 g/mol. The highest BCUT2D eigenvalue weighted by atomic mass is 19.4. The number of benzene rings is 1. The Balaban J connectivity index is 1.24. The molecule has 0 amide bonds. The van der Waals surface area contributed by atoms with Crippen molar-refractivity contribution >= 4 is 16.6 Å². The van der Waals surface area contributed by atoms with Gasteiger partial charge in [0, 0.05) is 61.9 Å². The third-order valence-corrected chi connectivity index (χ3v) is 7.04. The van der Waals surface area contributed by atoms with Crippen LogP contribution in [0, 0.1) is 18.3 Å². The van der Waals surface area contributed by atoms with Crippen LogP contribution >= 0.6 is 0 Å². The predicted molar refractivity (Wildman–Crippen MR) is 115 cm³/mol. The van der Waals surface area contributed by atoms with Crippen molar-refractivity contribution < 1.29 is 18.0 Å². The Morgan fingerprint density at radius 2 is 1.88 bits per heavy atom. The van der Waals surface area contributed by atoms with Gasteiger partial charge in [-0.2, -0.15) is 13.2 Å². The second-order valence-electron chi connectivity index (χ2n) is 9.30. The molecule has 1 saturated carbocycles. The second kappa shape index (κ2) is 7.40. The van der Waals surface area contributed by atoms with Gasteiger partial charge in [0.15, 0.2) is 0 Å². The van der Waals surface area contributed by atoms with Crippen LogP contribution in [0.4, 0.5) is 13.2 Å². The number of pyridine rings is 1. The summed E-state index contributed by atoms with van der Waals surface area (Å²) in [6.45, 7) is 2.79. The van der Waals surface area contributed by atoms with Gasteiger partial charge in [0.25, 0.3) is 0 Å². The molecular formula is C24H25F3N4O. The summed E-state index contributed by atoms with van der Waals surface area (Å²) in [6, 6.07) is 8.03. The first-order valence-electron chi connectivity index (χ1n) is 10.8. The number of likely N-dealkylation sites (tertiary alicyclic amines) is 1. The summed E-state index contributed by atoms with van der Waals surface area (Å²) in [7, 11) is 1.97. The van der Waals surface area contributed by atoms with E-state index in [0.29, 0.717) is 18.8 Å². The van der Waals surface area contributed by atoms with Crippen LogP contribution in [0.3, 0.4) is 0 Å². The van der Waals surface area contributed by atoms with Crippen molar-refractivity contribution in [1.82, 2.24) is 19.4 Å². The molecule has 0 radical (unpaired) electrons. The lowest BCUT2D eigenvalue weighted by Gasteiger charge is -2.40. The number of aromatic nitrogens is 3. The summed E-state index contributed by atoms with van der Waals surface area (Å²) in [5.74, 6) is 0.766. The zero-order valence-corrected chi connectivity index (χ0v) is 18.1. The molecule has 1 aliphatic heterocycles. The highest BCUT2D eigenvalue weighted by Crippen LogP contribution is 2.58. The molecule has 2 aromatic heterocycles.